The molecule has 0 aliphatic rings. The predicted molar refractivity (Wildman–Crippen MR) is 107 cm³/mol. The van der Waals surface area contributed by atoms with Gasteiger partial charge in [-0.2, -0.15) is 4.39 Å². The largest absolute Gasteiger partial charge is 0.490 e. The second-order valence-corrected chi connectivity index (χ2v) is 7.50. The van der Waals surface area contributed by atoms with Crippen molar-refractivity contribution in [3.8, 4) is 5.75 Å². The van der Waals surface area contributed by atoms with E-state index < -0.39 is 11.6 Å². The van der Waals surface area contributed by atoms with Gasteiger partial charge in [0.2, 0.25) is 5.82 Å². The molecule has 1 atom stereocenters. The zero-order valence-electron chi connectivity index (χ0n) is 17.1. The van der Waals surface area contributed by atoms with Gasteiger partial charge in [-0.3, -0.25) is 0 Å². The maximum absolute atomic E-state index is 14.4. The van der Waals surface area contributed by atoms with Gasteiger partial charge >= 0.3 is 0 Å². The summed E-state index contributed by atoms with van der Waals surface area (Å²) in [6.45, 7) is 6.81. The fraction of sp³-hybridized carbons (Fsp3) is 0.739. The standard InChI is InChI=1S/C23H38F2O/c1-4-6-8-10-11-12-14-18-26-21-17-16-20(22(24)23(21)25)19(3)15-13-9-7-5-2/h16-17,19H,4-15,18H2,1-3H3. The maximum atomic E-state index is 14.4. The molecule has 0 aliphatic carbocycles. The second-order valence-electron chi connectivity index (χ2n) is 7.50. The third-order valence-electron chi connectivity index (χ3n) is 5.10. The van der Waals surface area contributed by atoms with Crippen LogP contribution in [0.3, 0.4) is 0 Å². The van der Waals surface area contributed by atoms with Crippen LogP contribution in [-0.4, -0.2) is 6.61 Å². The summed E-state index contributed by atoms with van der Waals surface area (Å²) in [6.07, 6.45) is 13.8. The van der Waals surface area contributed by atoms with E-state index >= 15 is 0 Å². The Morgan fingerprint density at radius 2 is 1.35 bits per heavy atom. The molecule has 1 aromatic carbocycles. The summed E-state index contributed by atoms with van der Waals surface area (Å²) in [5, 5.41) is 0. The van der Waals surface area contributed by atoms with Crippen molar-refractivity contribution in [3.05, 3.63) is 29.3 Å². The lowest BCUT2D eigenvalue weighted by Gasteiger charge is -2.15. The summed E-state index contributed by atoms with van der Waals surface area (Å²) in [4.78, 5) is 0. The fourth-order valence-electron chi connectivity index (χ4n) is 3.31. The molecule has 0 radical (unpaired) electrons. The Hall–Kier alpha value is -1.12. The van der Waals surface area contributed by atoms with Crippen LogP contribution in [0.4, 0.5) is 8.78 Å². The van der Waals surface area contributed by atoms with E-state index in [1.165, 1.54) is 44.9 Å². The van der Waals surface area contributed by atoms with Gasteiger partial charge in [0, 0.05) is 0 Å². The molecule has 0 amide bonds. The zero-order chi connectivity index (χ0) is 19.2. The number of ether oxygens (including phenoxy) is 1. The van der Waals surface area contributed by atoms with Crippen molar-refractivity contribution < 1.29 is 13.5 Å². The minimum absolute atomic E-state index is 0.0403. The van der Waals surface area contributed by atoms with Crippen molar-refractivity contribution in [2.75, 3.05) is 6.61 Å². The molecular weight excluding hydrogens is 330 g/mol. The van der Waals surface area contributed by atoms with Crippen LogP contribution in [0.1, 0.15) is 109 Å². The molecule has 1 rings (SSSR count). The van der Waals surface area contributed by atoms with Crippen LogP contribution in [0.2, 0.25) is 0 Å². The van der Waals surface area contributed by atoms with Crippen molar-refractivity contribution in [2.24, 2.45) is 0 Å². The molecule has 0 aliphatic heterocycles. The first-order chi connectivity index (χ1) is 12.6. The highest BCUT2D eigenvalue weighted by Crippen LogP contribution is 2.30. The molecule has 0 N–H and O–H groups in total. The van der Waals surface area contributed by atoms with E-state index in [1.54, 1.807) is 12.1 Å². The molecule has 0 aromatic heterocycles. The number of halogens is 2. The lowest BCUT2D eigenvalue weighted by Crippen LogP contribution is -2.05. The third-order valence-corrected chi connectivity index (χ3v) is 5.10. The third kappa shape index (κ3) is 8.51. The van der Waals surface area contributed by atoms with Gasteiger partial charge in [0.15, 0.2) is 11.6 Å². The van der Waals surface area contributed by atoms with Crippen LogP contribution in [0.25, 0.3) is 0 Å². The van der Waals surface area contributed by atoms with Crippen LogP contribution in [-0.2, 0) is 0 Å². The van der Waals surface area contributed by atoms with Gasteiger partial charge in [0.25, 0.3) is 0 Å². The average Bonchev–Trinajstić information content (AvgIpc) is 2.64. The molecule has 1 unspecified atom stereocenters. The van der Waals surface area contributed by atoms with Crippen LogP contribution in [0, 0.1) is 11.6 Å². The van der Waals surface area contributed by atoms with E-state index in [4.69, 9.17) is 4.74 Å². The van der Waals surface area contributed by atoms with Crippen molar-refractivity contribution in [1.82, 2.24) is 0 Å². The highest BCUT2D eigenvalue weighted by molar-refractivity contribution is 5.32. The van der Waals surface area contributed by atoms with Crippen molar-refractivity contribution >= 4 is 0 Å². The molecular formula is C23H38F2O. The SMILES string of the molecule is CCCCCCCCCOc1ccc(C(C)CCCCCC)c(F)c1F. The Morgan fingerprint density at radius 3 is 2.00 bits per heavy atom. The van der Waals surface area contributed by atoms with E-state index in [9.17, 15) is 8.78 Å². The van der Waals surface area contributed by atoms with Crippen molar-refractivity contribution in [3.63, 3.8) is 0 Å². The van der Waals surface area contributed by atoms with Crippen LogP contribution < -0.4 is 4.74 Å². The summed E-state index contributed by atoms with van der Waals surface area (Å²) >= 11 is 0. The Bertz CT molecular complexity index is 487. The van der Waals surface area contributed by atoms with E-state index in [0.29, 0.717) is 12.2 Å². The average molecular weight is 369 g/mol. The summed E-state index contributed by atoms with van der Waals surface area (Å²) < 4.78 is 34.1. The molecule has 0 saturated carbocycles. The van der Waals surface area contributed by atoms with Gasteiger partial charge in [0.05, 0.1) is 6.61 Å². The minimum Gasteiger partial charge on any atom is -0.490 e. The van der Waals surface area contributed by atoms with Gasteiger partial charge in [-0.1, -0.05) is 91.0 Å². The Kier molecular flexibility index (Phi) is 12.3. The van der Waals surface area contributed by atoms with Gasteiger partial charge in [-0.15, -0.1) is 0 Å². The highest BCUT2D eigenvalue weighted by atomic mass is 19.2. The Labute approximate surface area is 159 Å². The lowest BCUT2D eigenvalue weighted by molar-refractivity contribution is 0.284. The number of rotatable bonds is 15. The maximum Gasteiger partial charge on any atom is 0.200 e. The molecule has 1 aromatic rings. The normalized spacial score (nSPS) is 12.3. The number of hydrogen-bond acceptors (Lipinski definition) is 1. The summed E-state index contributed by atoms with van der Waals surface area (Å²) in [7, 11) is 0. The van der Waals surface area contributed by atoms with Crippen molar-refractivity contribution in [1.29, 1.82) is 0 Å². The van der Waals surface area contributed by atoms with E-state index in [2.05, 4.69) is 13.8 Å². The van der Waals surface area contributed by atoms with Gasteiger partial charge < -0.3 is 4.74 Å². The molecule has 0 heterocycles. The first-order valence-corrected chi connectivity index (χ1v) is 10.7. The van der Waals surface area contributed by atoms with Gasteiger partial charge in [-0.25, -0.2) is 4.39 Å². The smallest absolute Gasteiger partial charge is 0.200 e. The Balaban J connectivity index is 2.38. The van der Waals surface area contributed by atoms with Crippen molar-refractivity contribution in [2.45, 2.75) is 104 Å². The first kappa shape index (κ1) is 22.9. The molecule has 26 heavy (non-hydrogen) atoms. The molecule has 150 valence electrons. The van der Waals surface area contributed by atoms with Crippen LogP contribution in [0.15, 0.2) is 12.1 Å². The van der Waals surface area contributed by atoms with E-state index in [-0.39, 0.29) is 11.7 Å². The van der Waals surface area contributed by atoms with E-state index in [0.717, 1.165) is 32.1 Å². The predicted octanol–water partition coefficient (Wildman–Crippen LogP) is 8.17. The number of benzene rings is 1. The van der Waals surface area contributed by atoms with Crippen LogP contribution >= 0.6 is 0 Å². The van der Waals surface area contributed by atoms with Crippen LogP contribution in [0.5, 0.6) is 5.75 Å². The molecule has 0 spiro atoms. The topological polar surface area (TPSA) is 9.23 Å². The zero-order valence-corrected chi connectivity index (χ0v) is 17.1. The Morgan fingerprint density at radius 1 is 0.769 bits per heavy atom. The molecule has 0 bridgehead atoms. The monoisotopic (exact) mass is 368 g/mol. The van der Waals surface area contributed by atoms with Gasteiger partial charge in [-0.05, 0) is 30.4 Å². The number of hydrogen-bond donors (Lipinski definition) is 0. The quantitative estimate of drug-likeness (QED) is 0.284. The minimum atomic E-state index is -0.828. The summed E-state index contributed by atoms with van der Waals surface area (Å²) in [5.74, 6) is -1.47. The molecule has 0 saturated heterocycles. The molecule has 1 nitrogen and oxygen atoms in total. The summed E-state index contributed by atoms with van der Waals surface area (Å²) in [6, 6.07) is 3.29. The number of unbranched alkanes of at least 4 members (excludes halogenated alkanes) is 9. The van der Waals surface area contributed by atoms with E-state index in [1.807, 2.05) is 6.92 Å². The highest BCUT2D eigenvalue weighted by Gasteiger charge is 2.18. The lowest BCUT2D eigenvalue weighted by atomic mass is 9.94. The van der Waals surface area contributed by atoms with Gasteiger partial charge in [0.1, 0.15) is 0 Å². The second kappa shape index (κ2) is 14.0. The molecule has 0 fully saturated rings. The summed E-state index contributed by atoms with van der Waals surface area (Å²) in [5.41, 5.74) is 0.474. The first-order valence-electron chi connectivity index (χ1n) is 10.7. The molecule has 3 heteroatoms. The fourth-order valence-corrected chi connectivity index (χ4v) is 3.31.